The molecule has 0 bridgehead atoms. The SMILES string of the molecule is COc1ccccc1C(OC=O)C(=O)CCc1ccc2ccccc2c1. The minimum absolute atomic E-state index is 0.158. The molecule has 0 aliphatic rings. The minimum atomic E-state index is -0.955. The van der Waals surface area contributed by atoms with Gasteiger partial charge in [0.1, 0.15) is 5.75 Å². The van der Waals surface area contributed by atoms with E-state index in [9.17, 15) is 9.59 Å². The van der Waals surface area contributed by atoms with Gasteiger partial charge in [0, 0.05) is 12.0 Å². The van der Waals surface area contributed by atoms with Gasteiger partial charge in [-0.15, -0.1) is 0 Å². The smallest absolute Gasteiger partial charge is 0.294 e. The maximum absolute atomic E-state index is 12.7. The van der Waals surface area contributed by atoms with E-state index in [2.05, 4.69) is 18.2 Å². The van der Waals surface area contributed by atoms with Gasteiger partial charge in [0.25, 0.3) is 6.47 Å². The summed E-state index contributed by atoms with van der Waals surface area (Å²) in [5.74, 6) is 0.369. The lowest BCUT2D eigenvalue weighted by atomic mass is 9.98. The number of benzene rings is 3. The molecule has 0 spiro atoms. The van der Waals surface area contributed by atoms with Gasteiger partial charge in [-0.3, -0.25) is 9.59 Å². The third kappa shape index (κ3) is 3.91. The molecule has 0 amide bonds. The van der Waals surface area contributed by atoms with Crippen LogP contribution in [-0.4, -0.2) is 19.4 Å². The van der Waals surface area contributed by atoms with Crippen LogP contribution in [0.15, 0.2) is 66.7 Å². The Morgan fingerprint density at radius 2 is 1.73 bits per heavy atom. The summed E-state index contributed by atoms with van der Waals surface area (Å²) in [4.78, 5) is 23.6. The Labute approximate surface area is 152 Å². The molecule has 3 aromatic carbocycles. The normalized spacial score (nSPS) is 11.7. The van der Waals surface area contributed by atoms with Gasteiger partial charge in [-0.1, -0.05) is 60.7 Å². The van der Waals surface area contributed by atoms with E-state index in [4.69, 9.17) is 9.47 Å². The van der Waals surface area contributed by atoms with Crippen molar-refractivity contribution in [3.63, 3.8) is 0 Å². The van der Waals surface area contributed by atoms with Gasteiger partial charge in [-0.25, -0.2) is 0 Å². The number of fused-ring (bicyclic) bond motifs is 1. The Bertz CT molecular complexity index is 917. The van der Waals surface area contributed by atoms with E-state index in [0.29, 0.717) is 24.2 Å². The Morgan fingerprint density at radius 1 is 1.00 bits per heavy atom. The highest BCUT2D eigenvalue weighted by molar-refractivity contribution is 5.87. The van der Waals surface area contributed by atoms with E-state index in [1.807, 2.05) is 24.3 Å². The average molecular weight is 348 g/mol. The molecule has 1 atom stereocenters. The molecule has 4 nitrogen and oxygen atoms in total. The van der Waals surface area contributed by atoms with Crippen LogP contribution in [0.3, 0.4) is 0 Å². The highest BCUT2D eigenvalue weighted by Crippen LogP contribution is 2.29. The topological polar surface area (TPSA) is 52.6 Å². The number of para-hydroxylation sites is 1. The van der Waals surface area contributed by atoms with Crippen molar-refractivity contribution < 1.29 is 19.1 Å². The van der Waals surface area contributed by atoms with Crippen molar-refractivity contribution >= 4 is 23.0 Å². The molecule has 3 aromatic rings. The number of carbonyl (C=O) groups excluding carboxylic acids is 2. The molecule has 3 rings (SSSR count). The second kappa shape index (κ2) is 8.30. The van der Waals surface area contributed by atoms with Gasteiger partial charge >= 0.3 is 0 Å². The second-order valence-electron chi connectivity index (χ2n) is 6.00. The molecule has 0 fully saturated rings. The summed E-state index contributed by atoms with van der Waals surface area (Å²) in [5, 5.41) is 2.31. The Morgan fingerprint density at radius 3 is 2.50 bits per heavy atom. The lowest BCUT2D eigenvalue weighted by Crippen LogP contribution is -2.17. The number of methoxy groups -OCH3 is 1. The van der Waals surface area contributed by atoms with Crippen LogP contribution < -0.4 is 4.74 Å². The number of hydrogen-bond acceptors (Lipinski definition) is 4. The second-order valence-corrected chi connectivity index (χ2v) is 6.00. The number of ether oxygens (including phenoxy) is 2. The Kier molecular flexibility index (Phi) is 5.64. The van der Waals surface area contributed by atoms with Crippen LogP contribution in [0.2, 0.25) is 0 Å². The van der Waals surface area contributed by atoms with E-state index in [1.54, 1.807) is 24.3 Å². The van der Waals surface area contributed by atoms with E-state index < -0.39 is 6.10 Å². The highest BCUT2D eigenvalue weighted by Gasteiger charge is 2.24. The van der Waals surface area contributed by atoms with Gasteiger partial charge in [-0.2, -0.15) is 0 Å². The largest absolute Gasteiger partial charge is 0.496 e. The first kappa shape index (κ1) is 17.7. The zero-order valence-electron chi connectivity index (χ0n) is 14.6. The van der Waals surface area contributed by atoms with Gasteiger partial charge in [0.05, 0.1) is 7.11 Å². The summed E-state index contributed by atoms with van der Waals surface area (Å²) in [5.41, 5.74) is 1.63. The lowest BCUT2D eigenvalue weighted by molar-refractivity contribution is -0.144. The third-order valence-electron chi connectivity index (χ3n) is 4.38. The number of carbonyl (C=O) groups is 2. The van der Waals surface area contributed by atoms with Gasteiger partial charge < -0.3 is 9.47 Å². The molecule has 0 aliphatic carbocycles. The summed E-state index contributed by atoms with van der Waals surface area (Å²) in [6.45, 7) is 0.311. The lowest BCUT2D eigenvalue weighted by Gasteiger charge is -2.17. The van der Waals surface area contributed by atoms with Crippen molar-refractivity contribution in [3.05, 3.63) is 77.9 Å². The van der Waals surface area contributed by atoms with Crippen LogP contribution in [0.5, 0.6) is 5.75 Å². The van der Waals surface area contributed by atoms with Crippen molar-refractivity contribution in [1.82, 2.24) is 0 Å². The fourth-order valence-electron chi connectivity index (χ4n) is 3.05. The van der Waals surface area contributed by atoms with Crippen molar-refractivity contribution in [2.24, 2.45) is 0 Å². The molecule has 0 saturated heterocycles. The predicted molar refractivity (Wildman–Crippen MR) is 100 cm³/mol. The molecule has 26 heavy (non-hydrogen) atoms. The predicted octanol–water partition coefficient (Wildman–Crippen LogP) is 4.26. The maximum atomic E-state index is 12.7. The zero-order chi connectivity index (χ0) is 18.4. The summed E-state index contributed by atoms with van der Waals surface area (Å²) in [6.07, 6.45) is -0.101. The fraction of sp³-hybridized carbons (Fsp3) is 0.182. The molecule has 0 saturated carbocycles. The molecule has 0 heterocycles. The summed E-state index contributed by atoms with van der Waals surface area (Å²) >= 11 is 0. The zero-order valence-corrected chi connectivity index (χ0v) is 14.6. The maximum Gasteiger partial charge on any atom is 0.294 e. The van der Waals surface area contributed by atoms with Gasteiger partial charge in [0.2, 0.25) is 0 Å². The Balaban J connectivity index is 1.76. The number of Topliss-reactive ketones (excluding diaryl/α,β-unsaturated/α-hetero) is 1. The molecule has 1 unspecified atom stereocenters. The fourth-order valence-corrected chi connectivity index (χ4v) is 3.05. The molecule has 0 radical (unpaired) electrons. The van der Waals surface area contributed by atoms with E-state index >= 15 is 0 Å². The van der Waals surface area contributed by atoms with E-state index in [-0.39, 0.29) is 12.2 Å². The Hall–Kier alpha value is -3.14. The first-order chi connectivity index (χ1) is 12.7. The molecule has 0 aliphatic heterocycles. The molecule has 0 aromatic heterocycles. The number of rotatable bonds is 8. The average Bonchev–Trinajstić information content (AvgIpc) is 2.70. The highest BCUT2D eigenvalue weighted by atomic mass is 16.5. The summed E-state index contributed by atoms with van der Waals surface area (Å²) in [6, 6.07) is 21.3. The van der Waals surface area contributed by atoms with Crippen LogP contribution in [0.1, 0.15) is 23.7 Å². The first-order valence-electron chi connectivity index (χ1n) is 8.45. The molecular formula is C22H20O4. The third-order valence-corrected chi connectivity index (χ3v) is 4.38. The van der Waals surface area contributed by atoms with Crippen molar-refractivity contribution in [2.45, 2.75) is 18.9 Å². The van der Waals surface area contributed by atoms with Crippen LogP contribution in [0, 0.1) is 0 Å². The van der Waals surface area contributed by atoms with E-state index in [0.717, 1.165) is 10.9 Å². The van der Waals surface area contributed by atoms with Gasteiger partial charge in [0.15, 0.2) is 11.9 Å². The molecule has 0 N–H and O–H groups in total. The number of hydrogen-bond donors (Lipinski definition) is 0. The van der Waals surface area contributed by atoms with Crippen molar-refractivity contribution in [2.75, 3.05) is 7.11 Å². The summed E-state index contributed by atoms with van der Waals surface area (Å²) in [7, 11) is 1.52. The van der Waals surface area contributed by atoms with Crippen LogP contribution in [-0.2, 0) is 20.7 Å². The molecule has 132 valence electrons. The number of aryl methyl sites for hydroxylation is 1. The quantitative estimate of drug-likeness (QED) is 0.571. The summed E-state index contributed by atoms with van der Waals surface area (Å²) < 4.78 is 10.4. The molecular weight excluding hydrogens is 328 g/mol. The van der Waals surface area contributed by atoms with Crippen LogP contribution >= 0.6 is 0 Å². The van der Waals surface area contributed by atoms with Crippen molar-refractivity contribution in [1.29, 1.82) is 0 Å². The van der Waals surface area contributed by atoms with Crippen LogP contribution in [0.25, 0.3) is 10.8 Å². The van der Waals surface area contributed by atoms with E-state index in [1.165, 1.54) is 12.5 Å². The molecule has 4 heteroatoms. The van der Waals surface area contributed by atoms with Crippen LogP contribution in [0.4, 0.5) is 0 Å². The van der Waals surface area contributed by atoms with Gasteiger partial charge in [-0.05, 0) is 28.8 Å². The standard InChI is InChI=1S/C22H20O4/c1-25-21-9-5-4-8-19(21)22(26-15-23)20(24)13-11-16-10-12-17-6-2-3-7-18(17)14-16/h2-10,12,14-15,22H,11,13H2,1H3. The monoisotopic (exact) mass is 348 g/mol. The van der Waals surface area contributed by atoms with Crippen molar-refractivity contribution in [3.8, 4) is 5.75 Å². The first-order valence-corrected chi connectivity index (χ1v) is 8.45. The number of ketones is 1. The minimum Gasteiger partial charge on any atom is -0.496 e.